The van der Waals surface area contributed by atoms with E-state index in [1.807, 2.05) is 24.1 Å². The lowest BCUT2D eigenvalue weighted by Gasteiger charge is -2.33. The van der Waals surface area contributed by atoms with Crippen LogP contribution in [0.1, 0.15) is 61.8 Å². The van der Waals surface area contributed by atoms with Gasteiger partial charge in [0.1, 0.15) is 5.65 Å². The van der Waals surface area contributed by atoms with Gasteiger partial charge in [0.2, 0.25) is 5.91 Å². The van der Waals surface area contributed by atoms with Crippen molar-refractivity contribution in [2.45, 2.75) is 51.5 Å². The zero-order valence-corrected chi connectivity index (χ0v) is 19.0. The van der Waals surface area contributed by atoms with Crippen molar-refractivity contribution in [2.75, 3.05) is 26.7 Å². The molecule has 164 valence electrons. The molecule has 1 N–H and O–H groups in total. The Balaban J connectivity index is 1.57. The lowest BCUT2D eigenvalue weighted by Crippen LogP contribution is -2.39. The van der Waals surface area contributed by atoms with Crippen LogP contribution in [0, 0.1) is 0 Å². The zero-order valence-electron chi connectivity index (χ0n) is 19.0. The number of benzene rings is 1. The maximum Gasteiger partial charge on any atom is 0.222 e. The molecule has 2 aromatic heterocycles. The fraction of sp³-hybridized carbons (Fsp3) is 0.462. The predicted octanol–water partition coefficient (Wildman–Crippen LogP) is 4.91. The number of pyridine rings is 1. The number of aromatic nitrogens is 2. The molecule has 1 amide bonds. The van der Waals surface area contributed by atoms with E-state index >= 15 is 0 Å². The van der Waals surface area contributed by atoms with Crippen LogP contribution in [0.3, 0.4) is 0 Å². The standard InChI is InChI=1S/C26H34N4O/c1-4-24(31)30-15-9-12-21(17-30)25-23(22-13-8-14-27-26(22)28-25)18-29(3)16-19(2)20-10-6-5-7-11-20/h5-8,10-11,13-14,19,21H,4,9,12,15-18H2,1-3H3,(H,27,28)/t19-,21+/m0/s1. The molecule has 5 heteroatoms. The number of likely N-dealkylation sites (tertiary alicyclic amines) is 1. The molecule has 4 rings (SSSR count). The number of piperidine rings is 1. The Hall–Kier alpha value is -2.66. The minimum Gasteiger partial charge on any atom is -0.343 e. The van der Waals surface area contributed by atoms with Crippen molar-refractivity contribution in [3.8, 4) is 0 Å². The Morgan fingerprint density at radius 2 is 2.06 bits per heavy atom. The number of carbonyl (C=O) groups excluding carboxylic acids is 1. The molecule has 0 saturated carbocycles. The van der Waals surface area contributed by atoms with Crippen molar-refractivity contribution >= 4 is 16.9 Å². The van der Waals surface area contributed by atoms with Gasteiger partial charge >= 0.3 is 0 Å². The third-order valence-electron chi connectivity index (χ3n) is 6.58. The number of likely N-dealkylation sites (N-methyl/N-ethyl adjacent to an activating group) is 1. The topological polar surface area (TPSA) is 52.2 Å². The van der Waals surface area contributed by atoms with Gasteiger partial charge in [-0.05, 0) is 49.1 Å². The highest BCUT2D eigenvalue weighted by molar-refractivity contribution is 5.81. The van der Waals surface area contributed by atoms with E-state index in [0.717, 1.165) is 44.7 Å². The number of rotatable bonds is 7. The first-order chi connectivity index (χ1) is 15.1. The van der Waals surface area contributed by atoms with Crippen LogP contribution in [0.5, 0.6) is 0 Å². The third-order valence-corrected chi connectivity index (χ3v) is 6.58. The minimum absolute atomic E-state index is 0.259. The fourth-order valence-corrected chi connectivity index (χ4v) is 4.97. The zero-order chi connectivity index (χ0) is 21.8. The molecule has 0 spiro atoms. The molecule has 1 saturated heterocycles. The van der Waals surface area contributed by atoms with E-state index < -0.39 is 0 Å². The first-order valence-corrected chi connectivity index (χ1v) is 11.5. The highest BCUT2D eigenvalue weighted by Crippen LogP contribution is 2.33. The molecule has 0 radical (unpaired) electrons. The Morgan fingerprint density at radius 3 is 2.84 bits per heavy atom. The van der Waals surface area contributed by atoms with Gasteiger partial charge in [0.25, 0.3) is 0 Å². The second-order valence-corrected chi connectivity index (χ2v) is 8.96. The predicted molar refractivity (Wildman–Crippen MR) is 126 cm³/mol. The minimum atomic E-state index is 0.259. The van der Waals surface area contributed by atoms with Crippen LogP contribution in [0.2, 0.25) is 0 Å². The van der Waals surface area contributed by atoms with E-state index in [1.54, 1.807) is 0 Å². The average Bonchev–Trinajstić information content (AvgIpc) is 3.17. The number of hydrogen-bond donors (Lipinski definition) is 1. The number of nitrogens with one attached hydrogen (secondary N) is 1. The average molecular weight is 419 g/mol. The quantitative estimate of drug-likeness (QED) is 0.593. The second kappa shape index (κ2) is 9.65. The number of carbonyl (C=O) groups is 1. The van der Waals surface area contributed by atoms with Crippen LogP contribution in [0.15, 0.2) is 48.7 Å². The Morgan fingerprint density at radius 1 is 1.26 bits per heavy atom. The Bertz CT molecular complexity index is 1010. The SMILES string of the molecule is CCC(=O)N1CCC[C@@H](c2[nH]c3ncccc3c2CN(C)C[C@H](C)c2ccccc2)C1. The number of fused-ring (bicyclic) bond motifs is 1. The first-order valence-electron chi connectivity index (χ1n) is 11.5. The highest BCUT2D eigenvalue weighted by Gasteiger charge is 2.28. The van der Waals surface area contributed by atoms with Gasteiger partial charge < -0.3 is 14.8 Å². The summed E-state index contributed by atoms with van der Waals surface area (Å²) in [6, 6.07) is 14.9. The molecule has 0 aliphatic carbocycles. The number of amides is 1. The van der Waals surface area contributed by atoms with Crippen LogP contribution in [0.25, 0.3) is 11.0 Å². The molecule has 1 aliphatic rings. The third kappa shape index (κ3) is 4.82. The van der Waals surface area contributed by atoms with Gasteiger partial charge in [-0.25, -0.2) is 4.98 Å². The van der Waals surface area contributed by atoms with Crippen molar-refractivity contribution in [1.82, 2.24) is 19.8 Å². The van der Waals surface area contributed by atoms with E-state index in [-0.39, 0.29) is 5.91 Å². The lowest BCUT2D eigenvalue weighted by atomic mass is 9.91. The van der Waals surface area contributed by atoms with Gasteiger partial charge in [-0.2, -0.15) is 0 Å². The van der Waals surface area contributed by atoms with Crippen LogP contribution >= 0.6 is 0 Å². The maximum absolute atomic E-state index is 12.3. The van der Waals surface area contributed by atoms with Crippen molar-refractivity contribution in [3.63, 3.8) is 0 Å². The van der Waals surface area contributed by atoms with Gasteiger partial charge in [-0.15, -0.1) is 0 Å². The van der Waals surface area contributed by atoms with Crippen molar-refractivity contribution in [1.29, 1.82) is 0 Å². The van der Waals surface area contributed by atoms with Crippen molar-refractivity contribution in [2.24, 2.45) is 0 Å². The molecule has 3 heterocycles. The van der Waals surface area contributed by atoms with Gasteiger partial charge in [-0.3, -0.25) is 4.79 Å². The fourth-order valence-electron chi connectivity index (χ4n) is 4.97. The molecule has 0 unspecified atom stereocenters. The molecule has 31 heavy (non-hydrogen) atoms. The summed E-state index contributed by atoms with van der Waals surface area (Å²) in [4.78, 5) is 25.0. The first kappa shape index (κ1) is 21.6. The molecule has 1 aliphatic heterocycles. The molecular weight excluding hydrogens is 384 g/mol. The molecule has 3 aromatic rings. The summed E-state index contributed by atoms with van der Waals surface area (Å²) in [5.74, 6) is 1.06. The van der Waals surface area contributed by atoms with Crippen LogP contribution in [-0.4, -0.2) is 52.4 Å². The number of nitrogens with zero attached hydrogens (tertiary/aromatic N) is 3. The number of aromatic amines is 1. The van der Waals surface area contributed by atoms with E-state index in [9.17, 15) is 4.79 Å². The van der Waals surface area contributed by atoms with Gasteiger partial charge in [0, 0.05) is 55.8 Å². The van der Waals surface area contributed by atoms with E-state index in [4.69, 9.17) is 0 Å². The van der Waals surface area contributed by atoms with Crippen molar-refractivity contribution < 1.29 is 4.79 Å². The molecule has 1 fully saturated rings. The van der Waals surface area contributed by atoms with Gasteiger partial charge in [0.15, 0.2) is 0 Å². The molecule has 2 atom stereocenters. The summed E-state index contributed by atoms with van der Waals surface area (Å²) < 4.78 is 0. The summed E-state index contributed by atoms with van der Waals surface area (Å²) in [5.41, 5.74) is 4.93. The Labute approximate surface area is 185 Å². The van der Waals surface area contributed by atoms with Gasteiger partial charge in [-0.1, -0.05) is 44.2 Å². The monoisotopic (exact) mass is 418 g/mol. The summed E-state index contributed by atoms with van der Waals surface area (Å²) in [7, 11) is 2.20. The second-order valence-electron chi connectivity index (χ2n) is 8.96. The number of hydrogen-bond acceptors (Lipinski definition) is 3. The summed E-state index contributed by atoms with van der Waals surface area (Å²) >= 11 is 0. The molecule has 0 bridgehead atoms. The largest absolute Gasteiger partial charge is 0.343 e. The molecule has 1 aromatic carbocycles. The normalized spacial score (nSPS) is 17.9. The maximum atomic E-state index is 12.3. The smallest absolute Gasteiger partial charge is 0.222 e. The molecular formula is C26H34N4O. The van der Waals surface area contributed by atoms with Crippen molar-refractivity contribution in [3.05, 3.63) is 65.5 Å². The lowest BCUT2D eigenvalue weighted by molar-refractivity contribution is -0.132. The van der Waals surface area contributed by atoms with E-state index in [2.05, 4.69) is 65.2 Å². The number of H-pyrrole nitrogens is 1. The summed E-state index contributed by atoms with van der Waals surface area (Å²) in [6.07, 6.45) is 4.59. The van der Waals surface area contributed by atoms with E-state index in [1.165, 1.54) is 22.2 Å². The summed E-state index contributed by atoms with van der Waals surface area (Å²) in [5, 5.41) is 1.20. The summed E-state index contributed by atoms with van der Waals surface area (Å²) in [6.45, 7) is 7.78. The Kier molecular flexibility index (Phi) is 6.71. The van der Waals surface area contributed by atoms with Gasteiger partial charge in [0.05, 0.1) is 0 Å². The van der Waals surface area contributed by atoms with E-state index in [0.29, 0.717) is 18.3 Å². The van der Waals surface area contributed by atoms with Crippen LogP contribution in [0.4, 0.5) is 0 Å². The highest BCUT2D eigenvalue weighted by atomic mass is 16.2. The molecule has 5 nitrogen and oxygen atoms in total. The van der Waals surface area contributed by atoms with Crippen LogP contribution in [-0.2, 0) is 11.3 Å². The van der Waals surface area contributed by atoms with Crippen LogP contribution < -0.4 is 0 Å².